The summed E-state index contributed by atoms with van der Waals surface area (Å²) >= 11 is 6.10. The van der Waals surface area contributed by atoms with Crippen molar-refractivity contribution in [3.8, 4) is 0 Å². The second-order valence-electron chi connectivity index (χ2n) is 4.73. The molecule has 0 aliphatic carbocycles. The van der Waals surface area contributed by atoms with Crippen LogP contribution in [0, 0.1) is 0 Å². The molecule has 2 fully saturated rings. The van der Waals surface area contributed by atoms with E-state index >= 15 is 0 Å². The summed E-state index contributed by atoms with van der Waals surface area (Å²) in [6.45, 7) is 3.95. The first-order chi connectivity index (χ1) is 7.27. The van der Waals surface area contributed by atoms with Gasteiger partial charge in [-0.15, -0.1) is 16.6 Å². The van der Waals surface area contributed by atoms with E-state index in [0.717, 1.165) is 45.4 Å². The highest BCUT2D eigenvalue weighted by Crippen LogP contribution is 2.26. The summed E-state index contributed by atoms with van der Waals surface area (Å²) in [5.74, 6) is 0. The summed E-state index contributed by atoms with van der Waals surface area (Å²) in [5.41, 5.74) is 0. The molecule has 2 aliphatic heterocycles. The van der Waals surface area contributed by atoms with Gasteiger partial charge in [0, 0.05) is 31.3 Å². The molecule has 0 unspecified atom stereocenters. The van der Waals surface area contributed by atoms with Crippen molar-refractivity contribution >= 4 is 18.0 Å². The fraction of sp³-hybridized carbons (Fsp3) is 0.909. The highest BCUT2D eigenvalue weighted by atomic mass is 35.5. The predicted octanol–water partition coefficient (Wildman–Crippen LogP) is 1.76. The van der Waals surface area contributed by atoms with Crippen LogP contribution in [0.4, 0.5) is 0 Å². The molecule has 0 aromatic rings. The van der Waals surface area contributed by atoms with Crippen LogP contribution in [0.1, 0.15) is 32.1 Å². The van der Waals surface area contributed by atoms with Crippen molar-refractivity contribution in [1.82, 2.24) is 5.01 Å². The minimum atomic E-state index is 0.279. The molecule has 0 saturated carbocycles. The third-order valence-corrected chi connectivity index (χ3v) is 4.19. The largest absolute Gasteiger partial charge is 0.320 e. The zero-order chi connectivity index (χ0) is 10.7. The minimum absolute atomic E-state index is 0.279. The van der Waals surface area contributed by atoms with Gasteiger partial charge in [-0.25, -0.2) is 4.79 Å². The second-order valence-corrected chi connectivity index (χ2v) is 5.35. The van der Waals surface area contributed by atoms with Crippen molar-refractivity contribution in [2.45, 2.75) is 37.5 Å². The van der Waals surface area contributed by atoms with Crippen LogP contribution in [-0.2, 0) is 4.79 Å². The SMILES string of the molecule is O=C[N+]1(N2CCCCC2)CCC(Cl)CC1. The molecule has 1 amide bonds. The van der Waals surface area contributed by atoms with Crippen LogP contribution in [0.25, 0.3) is 0 Å². The third kappa shape index (κ3) is 2.35. The topological polar surface area (TPSA) is 20.3 Å². The number of nitrogens with zero attached hydrogens (tertiary/aromatic N) is 2. The van der Waals surface area contributed by atoms with Gasteiger partial charge in [-0.1, -0.05) is 6.42 Å². The number of halogens is 1. The average Bonchev–Trinajstić information content (AvgIpc) is 2.32. The van der Waals surface area contributed by atoms with E-state index < -0.39 is 0 Å². The molecule has 0 aromatic carbocycles. The molecule has 15 heavy (non-hydrogen) atoms. The van der Waals surface area contributed by atoms with E-state index in [-0.39, 0.29) is 5.38 Å². The van der Waals surface area contributed by atoms with Crippen LogP contribution in [-0.4, -0.2) is 47.6 Å². The molecule has 2 saturated heterocycles. The summed E-state index contributed by atoms with van der Waals surface area (Å²) in [6, 6.07) is 0. The van der Waals surface area contributed by atoms with E-state index in [2.05, 4.69) is 5.01 Å². The molecule has 0 spiro atoms. The summed E-state index contributed by atoms with van der Waals surface area (Å²) < 4.78 is 0.545. The van der Waals surface area contributed by atoms with Crippen molar-refractivity contribution in [1.29, 1.82) is 0 Å². The van der Waals surface area contributed by atoms with Gasteiger partial charge in [0.05, 0.1) is 0 Å². The molecule has 0 radical (unpaired) electrons. The Balaban J connectivity index is 2.03. The van der Waals surface area contributed by atoms with Gasteiger partial charge in [0.2, 0.25) is 0 Å². The first-order valence-electron chi connectivity index (χ1n) is 5.99. The minimum Gasteiger partial charge on any atom is -0.232 e. The third-order valence-electron chi connectivity index (χ3n) is 3.75. The Morgan fingerprint density at radius 1 is 1.13 bits per heavy atom. The molecular weight excluding hydrogens is 212 g/mol. The monoisotopic (exact) mass is 231 g/mol. The number of alkyl halides is 1. The van der Waals surface area contributed by atoms with Crippen molar-refractivity contribution < 1.29 is 9.39 Å². The zero-order valence-electron chi connectivity index (χ0n) is 9.20. The maximum Gasteiger partial charge on any atom is 0.320 e. The molecule has 3 nitrogen and oxygen atoms in total. The predicted molar refractivity (Wildman–Crippen MR) is 60.4 cm³/mol. The van der Waals surface area contributed by atoms with Gasteiger partial charge in [0.15, 0.2) is 0 Å². The number of carbonyl (C=O) groups is 1. The Hall–Kier alpha value is -0.120. The second kappa shape index (κ2) is 4.81. The Kier molecular flexibility index (Phi) is 3.65. The number of hydrogen-bond donors (Lipinski definition) is 0. The van der Waals surface area contributed by atoms with Crippen LogP contribution in [0.15, 0.2) is 0 Å². The number of likely N-dealkylation sites (tertiary alicyclic amines) is 1. The van der Waals surface area contributed by atoms with E-state index in [9.17, 15) is 4.79 Å². The number of amides is 1. The van der Waals surface area contributed by atoms with Crippen LogP contribution < -0.4 is 0 Å². The first-order valence-corrected chi connectivity index (χ1v) is 6.43. The van der Waals surface area contributed by atoms with Gasteiger partial charge in [-0.2, -0.15) is 4.59 Å². The number of piperidine rings is 2. The van der Waals surface area contributed by atoms with E-state index in [1.165, 1.54) is 19.3 Å². The van der Waals surface area contributed by atoms with Crippen molar-refractivity contribution in [3.05, 3.63) is 0 Å². The number of hydrogen-bond acceptors (Lipinski definition) is 2. The van der Waals surface area contributed by atoms with E-state index in [4.69, 9.17) is 11.6 Å². The maximum absolute atomic E-state index is 11.4. The van der Waals surface area contributed by atoms with Gasteiger partial charge in [-0.3, -0.25) is 0 Å². The lowest BCUT2D eigenvalue weighted by Crippen LogP contribution is -2.63. The summed E-state index contributed by atoms with van der Waals surface area (Å²) in [5, 5.41) is 2.63. The van der Waals surface area contributed by atoms with Crippen molar-refractivity contribution in [2.24, 2.45) is 0 Å². The summed E-state index contributed by atoms with van der Waals surface area (Å²) in [6.07, 6.45) is 6.85. The molecule has 0 aromatic heterocycles. The smallest absolute Gasteiger partial charge is 0.232 e. The van der Waals surface area contributed by atoms with Gasteiger partial charge < -0.3 is 0 Å². The first kappa shape index (κ1) is 11.4. The quantitative estimate of drug-likeness (QED) is 0.410. The molecule has 86 valence electrons. The zero-order valence-corrected chi connectivity index (χ0v) is 9.96. The molecule has 4 heteroatoms. The van der Waals surface area contributed by atoms with Crippen LogP contribution >= 0.6 is 11.6 Å². The molecule has 0 bridgehead atoms. The standard InChI is InChI=1S/C11H20ClN2O/c12-11-4-8-14(10-15,9-5-11)13-6-2-1-3-7-13/h10-11H,1-9H2/q+1. The van der Waals surface area contributed by atoms with Crippen molar-refractivity contribution in [3.63, 3.8) is 0 Å². The van der Waals surface area contributed by atoms with Crippen LogP contribution in [0.2, 0.25) is 0 Å². The van der Waals surface area contributed by atoms with E-state index in [1.54, 1.807) is 0 Å². The highest BCUT2D eigenvalue weighted by Gasteiger charge is 2.39. The number of quaternary nitrogens is 1. The summed E-state index contributed by atoms with van der Waals surface area (Å²) in [4.78, 5) is 11.4. The van der Waals surface area contributed by atoms with Gasteiger partial charge in [-0.05, 0) is 12.8 Å². The summed E-state index contributed by atoms with van der Waals surface area (Å²) in [7, 11) is 0. The van der Waals surface area contributed by atoms with E-state index in [1.807, 2.05) is 0 Å². The number of rotatable bonds is 2. The lowest BCUT2D eigenvalue weighted by Gasteiger charge is -2.45. The average molecular weight is 232 g/mol. The van der Waals surface area contributed by atoms with Gasteiger partial charge in [0.1, 0.15) is 13.1 Å². The molecule has 2 heterocycles. The Morgan fingerprint density at radius 3 is 2.27 bits per heavy atom. The van der Waals surface area contributed by atoms with E-state index in [0.29, 0.717) is 4.59 Å². The van der Waals surface area contributed by atoms with Gasteiger partial charge >= 0.3 is 6.41 Å². The molecule has 0 N–H and O–H groups in total. The number of carbonyl (C=O) groups excluding carboxylic acids is 1. The maximum atomic E-state index is 11.4. The molecular formula is C11H20ClN2O+. The lowest BCUT2D eigenvalue weighted by atomic mass is 10.1. The van der Waals surface area contributed by atoms with Crippen LogP contribution in [0.5, 0.6) is 0 Å². The lowest BCUT2D eigenvalue weighted by molar-refractivity contribution is -0.966. The Labute approximate surface area is 96.5 Å². The molecule has 2 aliphatic rings. The molecule has 0 atom stereocenters. The highest BCUT2D eigenvalue weighted by molar-refractivity contribution is 6.20. The fourth-order valence-electron chi connectivity index (χ4n) is 2.71. The Bertz CT molecular complexity index is 221. The van der Waals surface area contributed by atoms with Gasteiger partial charge in [0.25, 0.3) is 0 Å². The van der Waals surface area contributed by atoms with Crippen LogP contribution in [0.3, 0.4) is 0 Å². The fourth-order valence-corrected chi connectivity index (χ4v) is 2.91. The molecule has 2 rings (SSSR count). The normalized spacial score (nSPS) is 38.9. The Morgan fingerprint density at radius 2 is 1.73 bits per heavy atom. The van der Waals surface area contributed by atoms with Crippen molar-refractivity contribution in [2.75, 3.05) is 26.2 Å².